The third kappa shape index (κ3) is 2.48. The molecule has 0 atom stereocenters. The Balaban J connectivity index is 2.41. The van der Waals surface area contributed by atoms with Gasteiger partial charge < -0.3 is 5.32 Å². The highest BCUT2D eigenvalue weighted by molar-refractivity contribution is 7.12. The van der Waals surface area contributed by atoms with Crippen LogP contribution in [0, 0.1) is 6.92 Å². The topological polar surface area (TPSA) is 24.9 Å². The van der Waals surface area contributed by atoms with Crippen LogP contribution in [0.1, 0.15) is 9.88 Å². The van der Waals surface area contributed by atoms with Crippen molar-refractivity contribution in [2.24, 2.45) is 0 Å². The van der Waals surface area contributed by atoms with Crippen molar-refractivity contribution in [3.63, 3.8) is 0 Å². The SMILES string of the molecule is CNc1ccc(-c2nc(C(F)(F)F)sc2C)cc1. The Morgan fingerprint density at radius 2 is 1.78 bits per heavy atom. The quantitative estimate of drug-likeness (QED) is 0.887. The van der Waals surface area contributed by atoms with E-state index in [2.05, 4.69) is 10.3 Å². The molecule has 0 unspecified atom stereocenters. The maximum Gasteiger partial charge on any atom is 0.443 e. The summed E-state index contributed by atoms with van der Waals surface area (Å²) in [5.41, 5.74) is 2.00. The summed E-state index contributed by atoms with van der Waals surface area (Å²) < 4.78 is 37.7. The number of rotatable bonds is 2. The molecule has 6 heteroatoms. The first-order chi connectivity index (χ1) is 8.41. The lowest BCUT2D eigenvalue weighted by atomic mass is 10.1. The average molecular weight is 272 g/mol. The van der Waals surface area contributed by atoms with Crippen molar-refractivity contribution in [1.82, 2.24) is 4.98 Å². The zero-order valence-electron chi connectivity index (χ0n) is 9.80. The maximum absolute atomic E-state index is 12.6. The van der Waals surface area contributed by atoms with Crippen LogP contribution in [-0.2, 0) is 6.18 Å². The van der Waals surface area contributed by atoms with Crippen molar-refractivity contribution in [1.29, 1.82) is 0 Å². The van der Waals surface area contributed by atoms with Gasteiger partial charge in [0.1, 0.15) is 0 Å². The molecule has 0 saturated heterocycles. The molecular weight excluding hydrogens is 261 g/mol. The van der Waals surface area contributed by atoms with Crippen LogP contribution in [0.2, 0.25) is 0 Å². The molecule has 1 heterocycles. The predicted octanol–water partition coefficient (Wildman–Crippen LogP) is 4.18. The van der Waals surface area contributed by atoms with Gasteiger partial charge in [-0.15, -0.1) is 11.3 Å². The number of anilines is 1. The smallest absolute Gasteiger partial charge is 0.388 e. The molecule has 0 fully saturated rings. The Bertz CT molecular complexity index is 543. The Kier molecular flexibility index (Phi) is 3.30. The summed E-state index contributed by atoms with van der Waals surface area (Å²) in [5, 5.41) is 2.15. The number of halogens is 3. The second-order valence-electron chi connectivity index (χ2n) is 3.75. The van der Waals surface area contributed by atoms with Gasteiger partial charge >= 0.3 is 6.18 Å². The Morgan fingerprint density at radius 3 is 2.22 bits per heavy atom. The molecule has 0 amide bonds. The van der Waals surface area contributed by atoms with Crippen LogP contribution in [0.3, 0.4) is 0 Å². The number of thiazole rings is 1. The van der Waals surface area contributed by atoms with Crippen molar-refractivity contribution in [2.75, 3.05) is 12.4 Å². The molecule has 0 spiro atoms. The summed E-state index contributed by atoms with van der Waals surface area (Å²) in [7, 11) is 1.78. The molecule has 2 nitrogen and oxygen atoms in total. The molecule has 18 heavy (non-hydrogen) atoms. The van der Waals surface area contributed by atoms with E-state index >= 15 is 0 Å². The highest BCUT2D eigenvalue weighted by atomic mass is 32.1. The third-order valence-electron chi connectivity index (χ3n) is 2.49. The molecule has 1 aromatic carbocycles. The van der Waals surface area contributed by atoms with Gasteiger partial charge in [-0.3, -0.25) is 0 Å². The first-order valence-electron chi connectivity index (χ1n) is 5.24. The van der Waals surface area contributed by atoms with Crippen molar-refractivity contribution < 1.29 is 13.2 Å². The maximum atomic E-state index is 12.6. The third-order valence-corrected chi connectivity index (χ3v) is 3.50. The van der Waals surface area contributed by atoms with E-state index in [1.54, 1.807) is 38.2 Å². The molecule has 0 saturated carbocycles. The van der Waals surface area contributed by atoms with E-state index in [4.69, 9.17) is 0 Å². The van der Waals surface area contributed by atoms with Crippen LogP contribution in [0.4, 0.5) is 18.9 Å². The number of aryl methyl sites for hydroxylation is 1. The van der Waals surface area contributed by atoms with Gasteiger partial charge in [0.2, 0.25) is 0 Å². The van der Waals surface area contributed by atoms with Gasteiger partial charge in [-0.25, -0.2) is 4.98 Å². The fraction of sp³-hybridized carbons (Fsp3) is 0.250. The van der Waals surface area contributed by atoms with Crippen LogP contribution >= 0.6 is 11.3 Å². The predicted molar refractivity (Wildman–Crippen MR) is 66.8 cm³/mol. The zero-order chi connectivity index (χ0) is 13.3. The van der Waals surface area contributed by atoms with E-state index in [9.17, 15) is 13.2 Å². The van der Waals surface area contributed by atoms with Gasteiger partial charge in [-0.2, -0.15) is 13.2 Å². The van der Waals surface area contributed by atoms with Crippen LogP contribution in [0.25, 0.3) is 11.3 Å². The first-order valence-corrected chi connectivity index (χ1v) is 6.06. The van der Waals surface area contributed by atoms with Crippen LogP contribution in [0.5, 0.6) is 0 Å². The first kappa shape index (κ1) is 12.9. The fourth-order valence-corrected chi connectivity index (χ4v) is 2.38. The Morgan fingerprint density at radius 1 is 1.17 bits per heavy atom. The molecule has 1 N–H and O–H groups in total. The summed E-state index contributed by atoms with van der Waals surface area (Å²) in [6, 6.07) is 7.13. The van der Waals surface area contributed by atoms with E-state index in [1.807, 2.05) is 0 Å². The Hall–Kier alpha value is -1.56. The number of nitrogens with zero attached hydrogens (tertiary/aromatic N) is 1. The second-order valence-corrected chi connectivity index (χ2v) is 4.95. The van der Waals surface area contributed by atoms with Gasteiger partial charge in [0, 0.05) is 23.2 Å². The van der Waals surface area contributed by atoms with E-state index in [0.29, 0.717) is 27.5 Å². The minimum absolute atomic E-state index is 0.398. The van der Waals surface area contributed by atoms with E-state index in [0.717, 1.165) is 5.69 Å². The molecule has 0 aliphatic rings. The molecule has 0 bridgehead atoms. The van der Waals surface area contributed by atoms with Gasteiger partial charge in [0.15, 0.2) is 5.01 Å². The summed E-state index contributed by atoms with van der Waals surface area (Å²) >= 11 is 0.674. The standard InChI is InChI=1S/C12H11F3N2S/c1-7-10(17-11(18-7)12(13,14)15)8-3-5-9(16-2)6-4-8/h3-6,16H,1-2H3. The lowest BCUT2D eigenvalue weighted by Crippen LogP contribution is -2.03. The van der Waals surface area contributed by atoms with Crippen LogP contribution in [0.15, 0.2) is 24.3 Å². The highest BCUT2D eigenvalue weighted by Gasteiger charge is 2.35. The second kappa shape index (κ2) is 4.61. The number of nitrogens with one attached hydrogen (secondary N) is 1. The molecule has 0 aliphatic heterocycles. The summed E-state index contributed by atoms with van der Waals surface area (Å²) in [6.45, 7) is 1.65. The van der Waals surface area contributed by atoms with Crippen molar-refractivity contribution in [2.45, 2.75) is 13.1 Å². The average Bonchev–Trinajstić information content (AvgIpc) is 2.71. The summed E-state index contributed by atoms with van der Waals surface area (Å²) in [4.78, 5) is 4.25. The van der Waals surface area contributed by atoms with Gasteiger partial charge in [0.25, 0.3) is 0 Å². The molecule has 0 aliphatic carbocycles. The molecule has 1 aromatic heterocycles. The number of aromatic nitrogens is 1. The monoisotopic (exact) mass is 272 g/mol. The van der Waals surface area contributed by atoms with Gasteiger partial charge in [-0.05, 0) is 19.1 Å². The molecular formula is C12H11F3N2S. The lowest BCUT2D eigenvalue weighted by molar-refractivity contribution is -0.137. The van der Waals surface area contributed by atoms with Gasteiger partial charge in [-0.1, -0.05) is 12.1 Å². The van der Waals surface area contributed by atoms with E-state index in [1.165, 1.54) is 0 Å². The fourth-order valence-electron chi connectivity index (χ4n) is 1.58. The summed E-state index contributed by atoms with van der Waals surface area (Å²) in [6.07, 6.45) is -4.38. The molecule has 96 valence electrons. The molecule has 2 aromatic rings. The van der Waals surface area contributed by atoms with Gasteiger partial charge in [0.05, 0.1) is 5.69 Å². The normalized spacial score (nSPS) is 11.6. The number of hydrogen-bond acceptors (Lipinski definition) is 3. The summed E-state index contributed by atoms with van der Waals surface area (Å²) in [5.74, 6) is 0. The minimum Gasteiger partial charge on any atom is -0.388 e. The van der Waals surface area contributed by atoms with Crippen molar-refractivity contribution in [3.05, 3.63) is 34.2 Å². The lowest BCUT2D eigenvalue weighted by Gasteiger charge is -2.02. The number of benzene rings is 1. The van der Waals surface area contributed by atoms with Crippen molar-refractivity contribution >= 4 is 17.0 Å². The highest BCUT2D eigenvalue weighted by Crippen LogP contribution is 2.37. The number of alkyl halides is 3. The molecule has 0 radical (unpaired) electrons. The zero-order valence-corrected chi connectivity index (χ0v) is 10.6. The Labute approximate surface area is 106 Å². The largest absolute Gasteiger partial charge is 0.443 e. The minimum atomic E-state index is -4.38. The van der Waals surface area contributed by atoms with Crippen LogP contribution in [-0.4, -0.2) is 12.0 Å². The molecule has 2 rings (SSSR count). The van der Waals surface area contributed by atoms with Crippen molar-refractivity contribution in [3.8, 4) is 11.3 Å². The van der Waals surface area contributed by atoms with Crippen LogP contribution < -0.4 is 5.32 Å². The number of hydrogen-bond donors (Lipinski definition) is 1. The van der Waals surface area contributed by atoms with E-state index < -0.39 is 11.2 Å². The van der Waals surface area contributed by atoms with E-state index in [-0.39, 0.29) is 0 Å².